The second-order valence-electron chi connectivity index (χ2n) is 2.98. The molecule has 0 aliphatic carbocycles. The molecule has 0 aliphatic heterocycles. The molecule has 0 bridgehead atoms. The Balaban J connectivity index is 3.47. The van der Waals surface area contributed by atoms with Crippen molar-refractivity contribution in [3.63, 3.8) is 0 Å². The largest absolute Gasteiger partial charge is 0.391 e. The van der Waals surface area contributed by atoms with Crippen molar-refractivity contribution in [3.8, 4) is 0 Å². The molecular formula is C8H18N2O2. The van der Waals surface area contributed by atoms with Crippen molar-refractivity contribution in [2.45, 2.75) is 38.8 Å². The van der Waals surface area contributed by atoms with Crippen LogP contribution in [0, 0.1) is 0 Å². The third kappa shape index (κ3) is 5.09. The molecule has 0 spiro atoms. The number of hydrogen-bond acceptors (Lipinski definition) is 3. The van der Waals surface area contributed by atoms with Crippen LogP contribution in [-0.2, 0) is 4.79 Å². The lowest BCUT2D eigenvalue weighted by Crippen LogP contribution is -2.41. The van der Waals surface area contributed by atoms with E-state index in [9.17, 15) is 9.90 Å². The minimum atomic E-state index is -0.501. The molecule has 1 unspecified atom stereocenters. The normalized spacial score (nSPS) is 15.3. The highest BCUT2D eigenvalue weighted by Crippen LogP contribution is 1.93. The Labute approximate surface area is 73.1 Å². The van der Waals surface area contributed by atoms with Crippen LogP contribution in [-0.4, -0.2) is 29.7 Å². The lowest BCUT2D eigenvalue weighted by molar-refractivity contribution is -0.122. The Kier molecular flexibility index (Phi) is 5.66. The molecule has 0 saturated carbocycles. The van der Waals surface area contributed by atoms with Crippen LogP contribution in [0.25, 0.3) is 0 Å². The maximum Gasteiger partial charge on any atom is 0.236 e. The third-order valence-corrected chi connectivity index (χ3v) is 1.55. The third-order valence-electron chi connectivity index (χ3n) is 1.55. The lowest BCUT2D eigenvalue weighted by Gasteiger charge is -2.11. The van der Waals surface area contributed by atoms with E-state index >= 15 is 0 Å². The molecule has 2 atom stereocenters. The van der Waals surface area contributed by atoms with E-state index in [2.05, 4.69) is 5.32 Å². The van der Waals surface area contributed by atoms with Gasteiger partial charge >= 0.3 is 0 Å². The van der Waals surface area contributed by atoms with Crippen molar-refractivity contribution in [2.75, 3.05) is 6.54 Å². The molecule has 1 amide bonds. The summed E-state index contributed by atoms with van der Waals surface area (Å²) in [6, 6.07) is -0.501. The van der Waals surface area contributed by atoms with E-state index in [4.69, 9.17) is 5.73 Å². The standard InChI is InChI=1S/C8H18N2O2/c1-3-4-7(11)5-10-8(12)6(2)9/h6-7,11H,3-5,9H2,1-2H3,(H,10,12)/t6-,7?/m0/s1. The van der Waals surface area contributed by atoms with Crippen molar-refractivity contribution in [1.29, 1.82) is 0 Å². The maximum atomic E-state index is 10.9. The fourth-order valence-electron chi connectivity index (χ4n) is 0.815. The zero-order valence-corrected chi connectivity index (χ0v) is 7.71. The Morgan fingerprint density at radius 2 is 2.25 bits per heavy atom. The van der Waals surface area contributed by atoms with E-state index in [0.717, 1.165) is 6.42 Å². The summed E-state index contributed by atoms with van der Waals surface area (Å²) in [6.45, 7) is 3.90. The van der Waals surface area contributed by atoms with Gasteiger partial charge in [0.15, 0.2) is 0 Å². The highest BCUT2D eigenvalue weighted by Gasteiger charge is 2.08. The van der Waals surface area contributed by atoms with Crippen LogP contribution in [0.3, 0.4) is 0 Å². The Morgan fingerprint density at radius 1 is 1.67 bits per heavy atom. The molecule has 0 aromatic heterocycles. The summed E-state index contributed by atoms with van der Waals surface area (Å²) in [5, 5.41) is 11.8. The minimum absolute atomic E-state index is 0.217. The number of amides is 1. The number of hydrogen-bond donors (Lipinski definition) is 3. The molecule has 0 aromatic rings. The van der Waals surface area contributed by atoms with Crippen molar-refractivity contribution >= 4 is 5.91 Å². The molecule has 0 fully saturated rings. The molecule has 0 radical (unpaired) electrons. The Hall–Kier alpha value is -0.610. The van der Waals surface area contributed by atoms with Crippen LogP contribution >= 0.6 is 0 Å². The van der Waals surface area contributed by atoms with Gasteiger partial charge in [-0.05, 0) is 13.3 Å². The molecular weight excluding hydrogens is 156 g/mol. The van der Waals surface area contributed by atoms with Gasteiger partial charge in [0.05, 0.1) is 12.1 Å². The van der Waals surface area contributed by atoms with Crippen LogP contribution in [0.2, 0.25) is 0 Å². The summed E-state index contributed by atoms with van der Waals surface area (Å²) < 4.78 is 0. The van der Waals surface area contributed by atoms with E-state index in [1.54, 1.807) is 6.92 Å². The smallest absolute Gasteiger partial charge is 0.236 e. The van der Waals surface area contributed by atoms with Gasteiger partial charge in [0.1, 0.15) is 0 Å². The molecule has 0 rings (SSSR count). The number of nitrogens with two attached hydrogens (primary N) is 1. The highest BCUT2D eigenvalue weighted by atomic mass is 16.3. The number of aliphatic hydroxyl groups is 1. The van der Waals surface area contributed by atoms with Crippen molar-refractivity contribution in [2.24, 2.45) is 5.73 Å². The first kappa shape index (κ1) is 11.4. The van der Waals surface area contributed by atoms with Crippen molar-refractivity contribution in [3.05, 3.63) is 0 Å². The summed E-state index contributed by atoms with van der Waals surface area (Å²) in [4.78, 5) is 10.9. The van der Waals surface area contributed by atoms with Crippen LogP contribution in [0.5, 0.6) is 0 Å². The summed E-state index contributed by atoms with van der Waals surface area (Å²) in [5.41, 5.74) is 5.30. The zero-order chi connectivity index (χ0) is 9.56. The quantitative estimate of drug-likeness (QED) is 0.531. The first-order valence-corrected chi connectivity index (χ1v) is 4.29. The molecule has 0 saturated heterocycles. The lowest BCUT2D eigenvalue weighted by atomic mass is 10.2. The second kappa shape index (κ2) is 5.97. The summed E-state index contributed by atoms with van der Waals surface area (Å²) in [6.07, 6.45) is 1.17. The fourth-order valence-corrected chi connectivity index (χ4v) is 0.815. The Morgan fingerprint density at radius 3 is 2.67 bits per heavy atom. The number of carbonyl (C=O) groups excluding carboxylic acids is 1. The SMILES string of the molecule is CCCC(O)CNC(=O)[C@H](C)N. The zero-order valence-electron chi connectivity index (χ0n) is 7.71. The predicted octanol–water partition coefficient (Wildman–Crippen LogP) is -0.389. The number of carbonyl (C=O) groups is 1. The summed E-state index contributed by atoms with van der Waals surface area (Å²) >= 11 is 0. The molecule has 12 heavy (non-hydrogen) atoms. The first-order valence-electron chi connectivity index (χ1n) is 4.29. The van der Waals surface area contributed by atoms with Crippen molar-refractivity contribution < 1.29 is 9.90 Å². The summed E-state index contributed by atoms with van der Waals surface area (Å²) in [7, 11) is 0. The predicted molar refractivity (Wildman–Crippen MR) is 47.6 cm³/mol. The molecule has 0 aromatic carbocycles. The van der Waals surface area contributed by atoms with Gasteiger partial charge in [0, 0.05) is 6.54 Å². The monoisotopic (exact) mass is 174 g/mol. The second-order valence-corrected chi connectivity index (χ2v) is 2.98. The van der Waals surface area contributed by atoms with Crippen LogP contribution in [0.1, 0.15) is 26.7 Å². The van der Waals surface area contributed by atoms with E-state index in [0.29, 0.717) is 13.0 Å². The van der Waals surface area contributed by atoms with Gasteiger partial charge in [0.25, 0.3) is 0 Å². The van der Waals surface area contributed by atoms with Crippen LogP contribution < -0.4 is 11.1 Å². The topological polar surface area (TPSA) is 75.3 Å². The Bertz CT molecular complexity index is 137. The molecule has 0 heterocycles. The number of aliphatic hydroxyl groups excluding tert-OH is 1. The van der Waals surface area contributed by atoms with Gasteiger partial charge in [-0.25, -0.2) is 0 Å². The highest BCUT2D eigenvalue weighted by molar-refractivity contribution is 5.80. The van der Waals surface area contributed by atoms with Crippen LogP contribution in [0.4, 0.5) is 0 Å². The van der Waals surface area contributed by atoms with Gasteiger partial charge in [-0.3, -0.25) is 4.79 Å². The molecule has 72 valence electrons. The van der Waals surface area contributed by atoms with Crippen LogP contribution in [0.15, 0.2) is 0 Å². The molecule has 0 aliphatic rings. The van der Waals surface area contributed by atoms with Gasteiger partial charge in [-0.15, -0.1) is 0 Å². The average molecular weight is 174 g/mol. The van der Waals surface area contributed by atoms with Gasteiger partial charge < -0.3 is 16.2 Å². The minimum Gasteiger partial charge on any atom is -0.391 e. The van der Waals surface area contributed by atoms with E-state index in [1.165, 1.54) is 0 Å². The first-order chi connectivity index (χ1) is 5.57. The molecule has 4 nitrogen and oxygen atoms in total. The van der Waals surface area contributed by atoms with Gasteiger partial charge in [-0.2, -0.15) is 0 Å². The van der Waals surface area contributed by atoms with Gasteiger partial charge in [-0.1, -0.05) is 13.3 Å². The maximum absolute atomic E-state index is 10.9. The van der Waals surface area contributed by atoms with Gasteiger partial charge in [0.2, 0.25) is 5.91 Å². The molecule has 4 heteroatoms. The van der Waals surface area contributed by atoms with E-state index in [-0.39, 0.29) is 5.91 Å². The number of rotatable bonds is 5. The van der Waals surface area contributed by atoms with E-state index < -0.39 is 12.1 Å². The molecule has 4 N–H and O–H groups in total. The van der Waals surface area contributed by atoms with E-state index in [1.807, 2.05) is 6.92 Å². The van der Waals surface area contributed by atoms with Crippen molar-refractivity contribution in [1.82, 2.24) is 5.32 Å². The average Bonchev–Trinajstić information content (AvgIpc) is 2.00. The fraction of sp³-hybridized carbons (Fsp3) is 0.875. The number of nitrogens with one attached hydrogen (secondary N) is 1. The summed E-state index contributed by atoms with van der Waals surface area (Å²) in [5.74, 6) is -0.217.